The maximum absolute atomic E-state index is 11.7. The first-order chi connectivity index (χ1) is 15.2. The molecule has 2 aromatic rings. The van der Waals surface area contributed by atoms with Gasteiger partial charge < -0.3 is 25.9 Å². The Hall–Kier alpha value is -2.88. The van der Waals surface area contributed by atoms with E-state index in [0.29, 0.717) is 0 Å². The number of amides is 1. The van der Waals surface area contributed by atoms with E-state index in [-0.39, 0.29) is 17.3 Å². The standard InChI is InChI=1S/C22H30N2OS.C2H2O4.H2O/c1-18(2)22(25)23-20-10-12-21(13-11-20)26-17-7-15-24(3)16-14-19-8-5-4-6-9-19;3-1(4)2(5)6;/h4-6,8-13,18H,7,14-17H2,1-3H3,(H,23,25);(H,3,4)(H,5,6);1H2. The van der Waals surface area contributed by atoms with Crippen LogP contribution >= 0.6 is 11.8 Å². The second-order valence-corrected chi connectivity index (χ2v) is 8.69. The van der Waals surface area contributed by atoms with Crippen LogP contribution in [0, 0.1) is 5.92 Å². The molecule has 182 valence electrons. The molecule has 2 aromatic carbocycles. The molecule has 5 N–H and O–H groups in total. The lowest BCUT2D eigenvalue weighted by Crippen LogP contribution is -2.22. The van der Waals surface area contributed by atoms with Crippen molar-refractivity contribution in [1.82, 2.24) is 4.90 Å². The molecule has 0 aliphatic heterocycles. The molecule has 0 aromatic heterocycles. The third-order valence-electron chi connectivity index (χ3n) is 4.41. The van der Waals surface area contributed by atoms with Gasteiger partial charge >= 0.3 is 11.9 Å². The normalized spacial score (nSPS) is 10.1. The third-order valence-corrected chi connectivity index (χ3v) is 5.51. The molecule has 0 heterocycles. The number of nitrogens with one attached hydrogen (secondary N) is 1. The monoisotopic (exact) mass is 478 g/mol. The summed E-state index contributed by atoms with van der Waals surface area (Å²) in [4.78, 5) is 33.5. The highest BCUT2D eigenvalue weighted by molar-refractivity contribution is 7.99. The van der Waals surface area contributed by atoms with Gasteiger partial charge in [0, 0.05) is 23.0 Å². The van der Waals surface area contributed by atoms with Gasteiger partial charge in [0.2, 0.25) is 5.91 Å². The van der Waals surface area contributed by atoms with E-state index in [1.54, 1.807) is 0 Å². The van der Waals surface area contributed by atoms with Gasteiger partial charge in [0.15, 0.2) is 0 Å². The Morgan fingerprint density at radius 2 is 1.52 bits per heavy atom. The van der Waals surface area contributed by atoms with Gasteiger partial charge in [0.05, 0.1) is 0 Å². The highest BCUT2D eigenvalue weighted by Gasteiger charge is 2.07. The maximum atomic E-state index is 11.7. The zero-order valence-corrected chi connectivity index (χ0v) is 20.1. The molecule has 0 atom stereocenters. The number of hydrogen-bond acceptors (Lipinski definition) is 5. The number of rotatable bonds is 10. The minimum absolute atomic E-state index is 0. The molecule has 0 aliphatic carbocycles. The molecule has 2 rings (SSSR count). The highest BCUT2D eigenvalue weighted by atomic mass is 32.2. The lowest BCUT2D eigenvalue weighted by atomic mass is 10.1. The second-order valence-electron chi connectivity index (χ2n) is 7.52. The fraction of sp³-hybridized carbons (Fsp3) is 0.375. The number of likely N-dealkylation sites (N-methyl/N-ethyl adjacent to an activating group) is 1. The summed E-state index contributed by atoms with van der Waals surface area (Å²) in [7, 11) is 2.19. The number of carboxylic acid groups (broad SMARTS) is 2. The summed E-state index contributed by atoms with van der Waals surface area (Å²) in [5.74, 6) is -2.48. The van der Waals surface area contributed by atoms with Crippen LogP contribution in [0.15, 0.2) is 59.5 Å². The first-order valence-electron chi connectivity index (χ1n) is 10.4. The fourth-order valence-electron chi connectivity index (χ4n) is 2.52. The van der Waals surface area contributed by atoms with Gasteiger partial charge in [-0.15, -0.1) is 11.8 Å². The summed E-state index contributed by atoms with van der Waals surface area (Å²) in [5, 5.41) is 17.7. The molecule has 0 bridgehead atoms. The number of nitrogens with zero attached hydrogens (tertiary/aromatic N) is 1. The van der Waals surface area contributed by atoms with Crippen LogP contribution in [-0.4, -0.2) is 64.3 Å². The van der Waals surface area contributed by atoms with E-state index in [1.165, 1.54) is 16.9 Å². The molecule has 1 amide bonds. The van der Waals surface area contributed by atoms with E-state index < -0.39 is 11.9 Å². The first-order valence-corrected chi connectivity index (χ1v) is 11.4. The van der Waals surface area contributed by atoms with Gasteiger partial charge in [0.1, 0.15) is 0 Å². The Morgan fingerprint density at radius 3 is 2.03 bits per heavy atom. The van der Waals surface area contributed by atoms with Crippen LogP contribution in [0.25, 0.3) is 0 Å². The molecule has 0 spiro atoms. The van der Waals surface area contributed by atoms with Crippen molar-refractivity contribution in [2.45, 2.75) is 31.6 Å². The number of anilines is 1. The Bertz CT molecular complexity index is 832. The lowest BCUT2D eigenvalue weighted by Gasteiger charge is -2.16. The molecule has 0 saturated heterocycles. The van der Waals surface area contributed by atoms with Crippen LogP contribution in [0.4, 0.5) is 5.69 Å². The Labute approximate surface area is 199 Å². The minimum atomic E-state index is -1.82. The average Bonchev–Trinajstić information content (AvgIpc) is 2.77. The van der Waals surface area contributed by atoms with E-state index in [2.05, 4.69) is 59.7 Å². The topological polar surface area (TPSA) is 138 Å². The number of aliphatic carboxylic acids is 2. The van der Waals surface area contributed by atoms with Crippen molar-refractivity contribution in [3.8, 4) is 0 Å². The van der Waals surface area contributed by atoms with Gasteiger partial charge in [-0.2, -0.15) is 0 Å². The van der Waals surface area contributed by atoms with Crippen LogP contribution in [0.1, 0.15) is 25.8 Å². The van der Waals surface area contributed by atoms with E-state index in [1.807, 2.05) is 37.7 Å². The van der Waals surface area contributed by atoms with Crippen LogP contribution in [0.5, 0.6) is 0 Å². The quantitative estimate of drug-likeness (QED) is 0.271. The second kappa shape index (κ2) is 16.7. The van der Waals surface area contributed by atoms with Crippen molar-refractivity contribution in [2.75, 3.05) is 31.2 Å². The summed E-state index contributed by atoms with van der Waals surface area (Å²) in [6, 6.07) is 18.8. The third kappa shape index (κ3) is 14.0. The molecule has 33 heavy (non-hydrogen) atoms. The van der Waals surface area contributed by atoms with Crippen LogP contribution < -0.4 is 5.32 Å². The zero-order chi connectivity index (χ0) is 23.9. The highest BCUT2D eigenvalue weighted by Crippen LogP contribution is 2.21. The number of carbonyl (C=O) groups excluding carboxylic acids is 1. The van der Waals surface area contributed by atoms with Gasteiger partial charge in [-0.3, -0.25) is 4.79 Å². The molecule has 0 radical (unpaired) electrons. The Balaban J connectivity index is 0.00000129. The zero-order valence-electron chi connectivity index (χ0n) is 19.3. The molecular formula is C24H34N2O6S. The Kier molecular flexibility index (Phi) is 15.3. The molecule has 0 unspecified atom stereocenters. The molecule has 0 aliphatic rings. The van der Waals surface area contributed by atoms with Crippen molar-refractivity contribution in [3.05, 3.63) is 60.2 Å². The number of benzene rings is 2. The summed E-state index contributed by atoms with van der Waals surface area (Å²) < 4.78 is 0. The van der Waals surface area contributed by atoms with E-state index >= 15 is 0 Å². The summed E-state index contributed by atoms with van der Waals surface area (Å²) in [6.45, 7) is 6.01. The van der Waals surface area contributed by atoms with Crippen LogP contribution in [0.3, 0.4) is 0 Å². The molecule has 0 fully saturated rings. The first kappa shape index (κ1) is 30.1. The maximum Gasteiger partial charge on any atom is 0.414 e. The van der Waals surface area contributed by atoms with E-state index in [0.717, 1.165) is 31.0 Å². The van der Waals surface area contributed by atoms with Crippen molar-refractivity contribution < 1.29 is 30.1 Å². The summed E-state index contributed by atoms with van der Waals surface area (Å²) in [6.07, 6.45) is 2.27. The van der Waals surface area contributed by atoms with Crippen LogP contribution in [-0.2, 0) is 20.8 Å². The SMILES string of the molecule is CC(C)C(=O)Nc1ccc(SCCCN(C)CCc2ccccc2)cc1.O.O=C(O)C(=O)O. The smallest absolute Gasteiger partial charge is 0.414 e. The van der Waals surface area contributed by atoms with Crippen molar-refractivity contribution in [2.24, 2.45) is 5.92 Å². The predicted molar refractivity (Wildman–Crippen MR) is 132 cm³/mol. The Morgan fingerprint density at radius 1 is 0.939 bits per heavy atom. The fourth-order valence-corrected chi connectivity index (χ4v) is 3.36. The minimum Gasteiger partial charge on any atom is -0.473 e. The molecule has 9 heteroatoms. The number of hydrogen-bond donors (Lipinski definition) is 3. The number of carboxylic acids is 2. The van der Waals surface area contributed by atoms with E-state index in [9.17, 15) is 4.79 Å². The molecule has 0 saturated carbocycles. The summed E-state index contributed by atoms with van der Waals surface area (Å²) in [5.41, 5.74) is 2.27. The number of thioether (sulfide) groups is 1. The van der Waals surface area contributed by atoms with Crippen LogP contribution in [0.2, 0.25) is 0 Å². The van der Waals surface area contributed by atoms with Crippen molar-refractivity contribution in [1.29, 1.82) is 0 Å². The lowest BCUT2D eigenvalue weighted by molar-refractivity contribution is -0.159. The van der Waals surface area contributed by atoms with Crippen molar-refractivity contribution in [3.63, 3.8) is 0 Å². The number of carbonyl (C=O) groups is 3. The van der Waals surface area contributed by atoms with Gasteiger partial charge in [-0.25, -0.2) is 9.59 Å². The molecule has 8 nitrogen and oxygen atoms in total. The van der Waals surface area contributed by atoms with Gasteiger partial charge in [-0.05, 0) is 62.0 Å². The van der Waals surface area contributed by atoms with Gasteiger partial charge in [-0.1, -0.05) is 44.2 Å². The van der Waals surface area contributed by atoms with Crippen molar-refractivity contribution >= 4 is 35.3 Å². The molecular weight excluding hydrogens is 444 g/mol. The average molecular weight is 479 g/mol. The predicted octanol–water partition coefficient (Wildman–Crippen LogP) is 3.27. The summed E-state index contributed by atoms with van der Waals surface area (Å²) >= 11 is 1.87. The largest absolute Gasteiger partial charge is 0.473 e. The van der Waals surface area contributed by atoms with Gasteiger partial charge in [0.25, 0.3) is 0 Å². The van der Waals surface area contributed by atoms with E-state index in [4.69, 9.17) is 19.8 Å².